The molecule has 4 nitrogen and oxygen atoms in total. The second-order valence-electron chi connectivity index (χ2n) is 7.19. The third-order valence-electron chi connectivity index (χ3n) is 4.69. The van der Waals surface area contributed by atoms with Gasteiger partial charge in [-0.3, -0.25) is 4.79 Å². The number of primary amides is 1. The molecule has 1 aliphatic rings. The maximum Gasteiger partial charge on any atom is 0.237 e. The number of hydrogen-bond donors (Lipinski definition) is 2. The standard InChI is InChI=1S/C16H33N3O/c1-5-18-16(4,14(17)20)9-7-12-19-11-6-8-15(2,3)10-13-19/h18H,5-13H2,1-4H3,(H2,17,20). The minimum Gasteiger partial charge on any atom is -0.368 e. The van der Waals surface area contributed by atoms with E-state index in [0.29, 0.717) is 5.41 Å². The number of hydrogen-bond acceptors (Lipinski definition) is 3. The number of nitrogens with zero attached hydrogens (tertiary/aromatic N) is 1. The van der Waals surface area contributed by atoms with Crippen molar-refractivity contribution in [2.45, 2.75) is 65.3 Å². The molecular weight excluding hydrogens is 250 g/mol. The van der Waals surface area contributed by atoms with Crippen LogP contribution in [0.4, 0.5) is 0 Å². The maximum absolute atomic E-state index is 11.6. The van der Waals surface area contributed by atoms with Gasteiger partial charge < -0.3 is 16.0 Å². The predicted molar refractivity (Wildman–Crippen MR) is 84.6 cm³/mol. The number of carbonyl (C=O) groups excluding carboxylic acids is 1. The third-order valence-corrected chi connectivity index (χ3v) is 4.69. The minimum absolute atomic E-state index is 0.239. The van der Waals surface area contributed by atoms with Crippen LogP contribution in [0.15, 0.2) is 0 Å². The Labute approximate surface area is 124 Å². The third kappa shape index (κ3) is 5.41. The quantitative estimate of drug-likeness (QED) is 0.752. The Morgan fingerprint density at radius 1 is 1.35 bits per heavy atom. The molecule has 0 saturated carbocycles. The highest BCUT2D eigenvalue weighted by Crippen LogP contribution is 2.29. The van der Waals surface area contributed by atoms with Crippen LogP contribution < -0.4 is 11.1 Å². The molecule has 0 aromatic heterocycles. The van der Waals surface area contributed by atoms with Crippen molar-refractivity contribution in [3.63, 3.8) is 0 Å². The van der Waals surface area contributed by atoms with Crippen molar-refractivity contribution in [1.82, 2.24) is 10.2 Å². The number of carbonyl (C=O) groups is 1. The summed E-state index contributed by atoms with van der Waals surface area (Å²) in [5, 5.41) is 3.23. The summed E-state index contributed by atoms with van der Waals surface area (Å²) in [5.74, 6) is -0.239. The lowest BCUT2D eigenvalue weighted by atomic mass is 9.85. The van der Waals surface area contributed by atoms with Gasteiger partial charge in [-0.25, -0.2) is 0 Å². The van der Waals surface area contributed by atoms with E-state index in [0.717, 1.165) is 25.9 Å². The molecule has 0 spiro atoms. The summed E-state index contributed by atoms with van der Waals surface area (Å²) in [6, 6.07) is 0. The van der Waals surface area contributed by atoms with Gasteiger partial charge in [-0.1, -0.05) is 20.8 Å². The fraction of sp³-hybridized carbons (Fsp3) is 0.938. The van der Waals surface area contributed by atoms with E-state index in [1.165, 1.54) is 32.4 Å². The van der Waals surface area contributed by atoms with E-state index in [-0.39, 0.29) is 5.91 Å². The Hall–Kier alpha value is -0.610. The molecule has 4 heteroatoms. The molecule has 1 rings (SSSR count). The maximum atomic E-state index is 11.6. The van der Waals surface area contributed by atoms with Crippen molar-refractivity contribution in [3.05, 3.63) is 0 Å². The first-order valence-corrected chi connectivity index (χ1v) is 8.06. The minimum atomic E-state index is -0.556. The Morgan fingerprint density at radius 3 is 2.65 bits per heavy atom. The van der Waals surface area contributed by atoms with Crippen LogP contribution in [0.25, 0.3) is 0 Å². The van der Waals surface area contributed by atoms with Crippen molar-refractivity contribution in [2.75, 3.05) is 26.2 Å². The first kappa shape index (κ1) is 17.4. The molecular formula is C16H33N3O. The predicted octanol–water partition coefficient (Wildman–Crippen LogP) is 2.13. The molecule has 3 N–H and O–H groups in total. The Kier molecular flexibility index (Phi) is 6.46. The van der Waals surface area contributed by atoms with Crippen LogP contribution in [0.3, 0.4) is 0 Å². The molecule has 118 valence electrons. The zero-order valence-corrected chi connectivity index (χ0v) is 13.8. The van der Waals surface area contributed by atoms with Gasteiger partial charge in [0.2, 0.25) is 5.91 Å². The summed E-state index contributed by atoms with van der Waals surface area (Å²) >= 11 is 0. The molecule has 0 aromatic rings. The first-order chi connectivity index (χ1) is 9.29. The van der Waals surface area contributed by atoms with E-state index in [4.69, 9.17) is 5.73 Å². The second-order valence-corrected chi connectivity index (χ2v) is 7.19. The summed E-state index contributed by atoms with van der Waals surface area (Å²) in [4.78, 5) is 14.1. The van der Waals surface area contributed by atoms with Crippen LogP contribution in [0, 0.1) is 5.41 Å². The van der Waals surface area contributed by atoms with Gasteiger partial charge in [0.05, 0.1) is 5.54 Å². The normalized spacial score (nSPS) is 23.0. The lowest BCUT2D eigenvalue weighted by molar-refractivity contribution is -0.124. The number of likely N-dealkylation sites (tertiary alicyclic amines) is 1. The Bertz CT molecular complexity index is 317. The number of likely N-dealkylation sites (N-methyl/N-ethyl adjacent to an activating group) is 1. The van der Waals surface area contributed by atoms with Gasteiger partial charge in [-0.2, -0.15) is 0 Å². The van der Waals surface area contributed by atoms with Crippen molar-refractivity contribution < 1.29 is 4.79 Å². The highest BCUT2D eigenvalue weighted by Gasteiger charge is 2.29. The van der Waals surface area contributed by atoms with Gasteiger partial charge in [0.25, 0.3) is 0 Å². The van der Waals surface area contributed by atoms with E-state index in [1.807, 2.05) is 13.8 Å². The Balaban J connectivity index is 2.37. The van der Waals surface area contributed by atoms with E-state index in [2.05, 4.69) is 24.1 Å². The molecule has 0 aromatic carbocycles. The highest BCUT2D eigenvalue weighted by molar-refractivity contribution is 5.84. The fourth-order valence-corrected chi connectivity index (χ4v) is 3.05. The van der Waals surface area contributed by atoms with Gasteiger partial charge in [-0.15, -0.1) is 0 Å². The van der Waals surface area contributed by atoms with Crippen LogP contribution in [-0.4, -0.2) is 42.5 Å². The summed E-state index contributed by atoms with van der Waals surface area (Å²) in [6.07, 6.45) is 5.71. The SMILES string of the molecule is CCNC(C)(CCCN1CCCC(C)(C)CC1)C(N)=O. The van der Waals surface area contributed by atoms with Crippen LogP contribution in [-0.2, 0) is 4.79 Å². The summed E-state index contributed by atoms with van der Waals surface area (Å²) in [6.45, 7) is 12.9. The van der Waals surface area contributed by atoms with Crippen LogP contribution in [0.5, 0.6) is 0 Å². The molecule has 20 heavy (non-hydrogen) atoms. The van der Waals surface area contributed by atoms with E-state index in [9.17, 15) is 4.79 Å². The average molecular weight is 283 g/mol. The smallest absolute Gasteiger partial charge is 0.237 e. The van der Waals surface area contributed by atoms with E-state index >= 15 is 0 Å². The molecule has 1 atom stereocenters. The van der Waals surface area contributed by atoms with Crippen molar-refractivity contribution in [2.24, 2.45) is 11.1 Å². The van der Waals surface area contributed by atoms with Gasteiger partial charge in [0.15, 0.2) is 0 Å². The summed E-state index contributed by atoms with van der Waals surface area (Å²) in [7, 11) is 0. The fourth-order valence-electron chi connectivity index (χ4n) is 3.05. The van der Waals surface area contributed by atoms with Gasteiger partial charge in [0.1, 0.15) is 0 Å². The van der Waals surface area contributed by atoms with Crippen LogP contribution in [0.2, 0.25) is 0 Å². The number of nitrogens with two attached hydrogens (primary N) is 1. The molecule has 0 aliphatic carbocycles. The largest absolute Gasteiger partial charge is 0.368 e. The molecule has 1 heterocycles. The monoisotopic (exact) mass is 283 g/mol. The molecule has 1 unspecified atom stereocenters. The molecule has 1 fully saturated rings. The zero-order valence-electron chi connectivity index (χ0n) is 13.8. The van der Waals surface area contributed by atoms with Crippen molar-refractivity contribution in [3.8, 4) is 0 Å². The number of rotatable bonds is 7. The van der Waals surface area contributed by atoms with Crippen molar-refractivity contribution in [1.29, 1.82) is 0 Å². The van der Waals surface area contributed by atoms with E-state index in [1.54, 1.807) is 0 Å². The van der Waals surface area contributed by atoms with Crippen LogP contribution in [0.1, 0.15) is 59.8 Å². The lowest BCUT2D eigenvalue weighted by Crippen LogP contribution is -2.53. The number of nitrogens with one attached hydrogen (secondary N) is 1. The number of amides is 1. The lowest BCUT2D eigenvalue weighted by Gasteiger charge is -2.28. The molecule has 1 aliphatic heterocycles. The zero-order chi connectivity index (χ0) is 15.2. The summed E-state index contributed by atoms with van der Waals surface area (Å²) < 4.78 is 0. The summed E-state index contributed by atoms with van der Waals surface area (Å²) in [5.41, 5.74) is 5.45. The molecule has 1 amide bonds. The molecule has 0 bridgehead atoms. The van der Waals surface area contributed by atoms with Gasteiger partial charge >= 0.3 is 0 Å². The van der Waals surface area contributed by atoms with E-state index < -0.39 is 5.54 Å². The van der Waals surface area contributed by atoms with Crippen molar-refractivity contribution >= 4 is 5.91 Å². The highest BCUT2D eigenvalue weighted by atomic mass is 16.1. The molecule has 1 saturated heterocycles. The second kappa shape index (κ2) is 7.41. The average Bonchev–Trinajstić information content (AvgIpc) is 2.51. The van der Waals surface area contributed by atoms with Gasteiger partial charge in [0, 0.05) is 0 Å². The van der Waals surface area contributed by atoms with Gasteiger partial charge in [-0.05, 0) is 70.6 Å². The topological polar surface area (TPSA) is 58.4 Å². The Morgan fingerprint density at radius 2 is 2.05 bits per heavy atom. The van der Waals surface area contributed by atoms with Crippen LogP contribution >= 0.6 is 0 Å². The first-order valence-electron chi connectivity index (χ1n) is 8.06. The molecule has 0 radical (unpaired) electrons.